The molecule has 1 aliphatic carbocycles. The molecule has 0 atom stereocenters. The molecule has 1 aromatic carbocycles. The Balaban J connectivity index is 2.28. The second-order valence-electron chi connectivity index (χ2n) is 4.48. The van der Waals surface area contributed by atoms with Gasteiger partial charge in [0.2, 0.25) is 0 Å². The van der Waals surface area contributed by atoms with Gasteiger partial charge in [-0.2, -0.15) is 18.4 Å². The number of ether oxygens (including phenoxy) is 1. The Morgan fingerprint density at radius 3 is 2.73 bits per heavy atom. The molecule has 0 aromatic heterocycles. The molecule has 2 rings (SSSR count). The number of nitriles is 1. The predicted octanol–water partition coefficient (Wildman–Crippen LogP) is 3.38. The summed E-state index contributed by atoms with van der Waals surface area (Å²) >= 11 is 0. The fraction of sp³-hybridized carbons (Fsp3) is 0.200. The minimum atomic E-state index is -4.67. The number of carbonyl (C=O) groups is 1. The summed E-state index contributed by atoms with van der Waals surface area (Å²) in [5.41, 5.74) is -1.28. The number of benzene rings is 1. The van der Waals surface area contributed by atoms with Crippen molar-refractivity contribution in [2.75, 3.05) is 12.4 Å². The molecule has 0 unspecified atom stereocenters. The summed E-state index contributed by atoms with van der Waals surface area (Å²) in [6.45, 7) is 0. The maximum absolute atomic E-state index is 12.9. The molecular weight excluding hydrogens is 297 g/mol. The average molecular weight is 308 g/mol. The summed E-state index contributed by atoms with van der Waals surface area (Å²) in [7, 11) is 1.40. The van der Waals surface area contributed by atoms with Gasteiger partial charge in [0.25, 0.3) is 5.91 Å². The highest BCUT2D eigenvalue weighted by atomic mass is 19.4. The number of alkyl halides is 3. The number of nitrogens with zero attached hydrogens (tertiary/aromatic N) is 1. The quantitative estimate of drug-likeness (QED) is 0.931. The number of carbonyl (C=O) groups excluding carboxylic acids is 1. The molecule has 114 valence electrons. The normalized spacial score (nSPS) is 14.0. The highest BCUT2D eigenvalue weighted by molar-refractivity contribution is 6.05. The Labute approximate surface area is 124 Å². The van der Waals surface area contributed by atoms with Crippen molar-refractivity contribution in [3.05, 3.63) is 52.8 Å². The van der Waals surface area contributed by atoms with E-state index >= 15 is 0 Å². The number of allylic oxidation sites excluding steroid dienone is 2. The van der Waals surface area contributed by atoms with Crippen molar-refractivity contribution in [3.8, 4) is 6.07 Å². The van der Waals surface area contributed by atoms with Crippen molar-refractivity contribution in [2.24, 2.45) is 0 Å². The lowest BCUT2D eigenvalue weighted by molar-refractivity contribution is -0.137. The van der Waals surface area contributed by atoms with Crippen LogP contribution in [0.5, 0.6) is 0 Å². The zero-order valence-corrected chi connectivity index (χ0v) is 11.5. The molecule has 0 radical (unpaired) electrons. The first-order valence-electron chi connectivity index (χ1n) is 6.23. The van der Waals surface area contributed by atoms with Gasteiger partial charge in [0.05, 0.1) is 29.9 Å². The molecule has 1 amide bonds. The molecule has 7 heteroatoms. The van der Waals surface area contributed by atoms with E-state index in [9.17, 15) is 18.0 Å². The largest absolute Gasteiger partial charge is 0.496 e. The van der Waals surface area contributed by atoms with Gasteiger partial charge in [-0.05, 0) is 30.7 Å². The summed E-state index contributed by atoms with van der Waals surface area (Å²) in [4.78, 5) is 12.1. The average Bonchev–Trinajstić information content (AvgIpc) is 2.94. The fourth-order valence-corrected chi connectivity index (χ4v) is 2.04. The van der Waals surface area contributed by atoms with Crippen molar-refractivity contribution in [3.63, 3.8) is 0 Å². The molecule has 22 heavy (non-hydrogen) atoms. The van der Waals surface area contributed by atoms with Crippen LogP contribution in [0.3, 0.4) is 0 Å². The molecule has 0 heterocycles. The molecule has 0 fully saturated rings. The fourth-order valence-electron chi connectivity index (χ4n) is 2.04. The number of rotatable bonds is 3. The van der Waals surface area contributed by atoms with Gasteiger partial charge in [-0.15, -0.1) is 0 Å². The minimum absolute atomic E-state index is 0.0359. The third-order valence-electron chi connectivity index (χ3n) is 3.09. The van der Waals surface area contributed by atoms with Crippen LogP contribution in [-0.4, -0.2) is 13.0 Å². The molecule has 0 spiro atoms. The minimum Gasteiger partial charge on any atom is -0.496 e. The van der Waals surface area contributed by atoms with Gasteiger partial charge in [0.1, 0.15) is 5.76 Å². The summed E-state index contributed by atoms with van der Waals surface area (Å²) < 4.78 is 43.6. The van der Waals surface area contributed by atoms with Crippen molar-refractivity contribution in [1.82, 2.24) is 0 Å². The topological polar surface area (TPSA) is 62.1 Å². The van der Waals surface area contributed by atoms with Crippen LogP contribution in [0.1, 0.15) is 17.5 Å². The lowest BCUT2D eigenvalue weighted by Crippen LogP contribution is -2.16. The first-order chi connectivity index (χ1) is 10.4. The molecule has 1 N–H and O–H groups in total. The monoisotopic (exact) mass is 308 g/mol. The first-order valence-corrected chi connectivity index (χ1v) is 6.23. The van der Waals surface area contributed by atoms with E-state index in [0.717, 1.165) is 12.1 Å². The SMILES string of the molecule is COC1=C(C(=O)Nc2ccc(C#N)c(C(F)(F)F)c2)CC=C1. The number of amides is 1. The van der Waals surface area contributed by atoms with Crippen LogP contribution in [0.4, 0.5) is 18.9 Å². The van der Waals surface area contributed by atoms with E-state index in [1.165, 1.54) is 19.2 Å². The summed E-state index contributed by atoms with van der Waals surface area (Å²) in [5.74, 6) is -0.165. The van der Waals surface area contributed by atoms with Gasteiger partial charge in [0.15, 0.2) is 0 Å². The summed E-state index contributed by atoms with van der Waals surface area (Å²) in [5, 5.41) is 11.1. The number of hydrogen-bond acceptors (Lipinski definition) is 3. The van der Waals surface area contributed by atoms with Gasteiger partial charge < -0.3 is 10.1 Å². The lowest BCUT2D eigenvalue weighted by Gasteiger charge is -2.12. The zero-order chi connectivity index (χ0) is 16.3. The van der Waals surface area contributed by atoms with E-state index < -0.39 is 23.2 Å². The molecule has 1 aliphatic rings. The summed E-state index contributed by atoms with van der Waals surface area (Å²) in [6, 6.07) is 4.50. The van der Waals surface area contributed by atoms with Gasteiger partial charge in [0, 0.05) is 5.69 Å². The lowest BCUT2D eigenvalue weighted by atomic mass is 10.1. The second-order valence-corrected chi connectivity index (χ2v) is 4.48. The number of anilines is 1. The van der Waals surface area contributed by atoms with Crippen LogP contribution in [0.25, 0.3) is 0 Å². The highest BCUT2D eigenvalue weighted by Crippen LogP contribution is 2.33. The van der Waals surface area contributed by atoms with E-state index in [1.54, 1.807) is 12.2 Å². The molecular formula is C15H11F3N2O2. The highest BCUT2D eigenvalue weighted by Gasteiger charge is 2.34. The maximum Gasteiger partial charge on any atom is 0.417 e. The molecule has 1 aromatic rings. The first kappa shape index (κ1) is 15.6. The van der Waals surface area contributed by atoms with E-state index in [4.69, 9.17) is 10.00 Å². The smallest absolute Gasteiger partial charge is 0.417 e. The predicted molar refractivity (Wildman–Crippen MR) is 72.6 cm³/mol. The van der Waals surface area contributed by atoms with Gasteiger partial charge in [-0.3, -0.25) is 4.79 Å². The Kier molecular flexibility index (Phi) is 4.22. The molecule has 0 bridgehead atoms. The number of nitrogens with one attached hydrogen (secondary N) is 1. The maximum atomic E-state index is 12.9. The summed E-state index contributed by atoms with van der Waals surface area (Å²) in [6.07, 6.45) is -0.989. The van der Waals surface area contributed by atoms with E-state index in [0.29, 0.717) is 17.8 Å². The Morgan fingerprint density at radius 1 is 1.41 bits per heavy atom. The van der Waals surface area contributed by atoms with Crippen LogP contribution in [-0.2, 0) is 15.7 Å². The number of hydrogen-bond donors (Lipinski definition) is 1. The van der Waals surface area contributed by atoms with Crippen LogP contribution in [0, 0.1) is 11.3 Å². The van der Waals surface area contributed by atoms with Crippen molar-refractivity contribution in [2.45, 2.75) is 12.6 Å². The Bertz CT molecular complexity index is 712. The molecule has 4 nitrogen and oxygen atoms in total. The van der Waals surface area contributed by atoms with Crippen molar-refractivity contribution in [1.29, 1.82) is 5.26 Å². The standard InChI is InChI=1S/C15H11F3N2O2/c1-22-13-4-2-3-11(13)14(21)20-10-6-5-9(8-19)12(7-10)15(16,17)18/h2,4-7H,3H2,1H3,(H,20,21). The number of methoxy groups -OCH3 is 1. The Morgan fingerprint density at radius 2 is 2.14 bits per heavy atom. The van der Waals surface area contributed by atoms with Crippen LogP contribution in [0.15, 0.2) is 41.7 Å². The zero-order valence-electron chi connectivity index (χ0n) is 11.5. The van der Waals surface area contributed by atoms with Crippen LogP contribution in [0.2, 0.25) is 0 Å². The second kappa shape index (κ2) is 5.93. The van der Waals surface area contributed by atoms with Crippen molar-refractivity contribution >= 4 is 11.6 Å². The van der Waals surface area contributed by atoms with Crippen molar-refractivity contribution < 1.29 is 22.7 Å². The third kappa shape index (κ3) is 3.11. The van der Waals surface area contributed by atoms with Crippen LogP contribution >= 0.6 is 0 Å². The third-order valence-corrected chi connectivity index (χ3v) is 3.09. The number of halogens is 3. The van der Waals surface area contributed by atoms with Crippen LogP contribution < -0.4 is 5.32 Å². The molecule has 0 saturated carbocycles. The van der Waals surface area contributed by atoms with Gasteiger partial charge in [-0.1, -0.05) is 6.08 Å². The Hall–Kier alpha value is -2.75. The van der Waals surface area contributed by atoms with Gasteiger partial charge >= 0.3 is 6.18 Å². The van der Waals surface area contributed by atoms with E-state index in [2.05, 4.69) is 5.32 Å². The molecule has 0 saturated heterocycles. The molecule has 0 aliphatic heterocycles. The van der Waals surface area contributed by atoms with Gasteiger partial charge in [-0.25, -0.2) is 0 Å². The van der Waals surface area contributed by atoms with E-state index in [-0.39, 0.29) is 5.69 Å². The van der Waals surface area contributed by atoms with E-state index in [1.807, 2.05) is 0 Å².